The molecule has 0 saturated carbocycles. The molecule has 2 unspecified atom stereocenters. The Morgan fingerprint density at radius 3 is 2.23 bits per heavy atom. The van der Waals surface area contributed by atoms with Crippen molar-refractivity contribution < 1.29 is 14.7 Å². The van der Waals surface area contributed by atoms with E-state index in [1.165, 1.54) is 0 Å². The van der Waals surface area contributed by atoms with Gasteiger partial charge in [-0.05, 0) is 5.41 Å². The first-order valence-corrected chi connectivity index (χ1v) is 4.55. The molecule has 0 saturated heterocycles. The summed E-state index contributed by atoms with van der Waals surface area (Å²) < 4.78 is 0. The van der Waals surface area contributed by atoms with Crippen LogP contribution in [0.5, 0.6) is 0 Å². The molecule has 0 aromatic heterocycles. The van der Waals surface area contributed by atoms with Gasteiger partial charge in [0.15, 0.2) is 0 Å². The normalized spacial score (nSPS) is 16.3. The first kappa shape index (κ1) is 12.1. The Morgan fingerprint density at radius 2 is 2.00 bits per heavy atom. The van der Waals surface area contributed by atoms with Crippen molar-refractivity contribution in [2.75, 3.05) is 0 Å². The summed E-state index contributed by atoms with van der Waals surface area (Å²) in [7, 11) is 0. The van der Waals surface area contributed by atoms with E-state index >= 15 is 0 Å². The van der Waals surface area contributed by atoms with Crippen LogP contribution in [-0.4, -0.2) is 17.4 Å². The number of carbonyl (C=O) groups is 2. The maximum Gasteiger partial charge on any atom is 0.307 e. The molecule has 0 aliphatic heterocycles. The van der Waals surface area contributed by atoms with Gasteiger partial charge in [0, 0.05) is 5.92 Å². The molecule has 0 fully saturated rings. The molecule has 3 nitrogen and oxygen atoms in total. The summed E-state index contributed by atoms with van der Waals surface area (Å²) in [4.78, 5) is 21.5. The van der Waals surface area contributed by atoms with E-state index in [-0.39, 0.29) is 5.41 Å². The van der Waals surface area contributed by atoms with Crippen molar-refractivity contribution in [1.82, 2.24) is 0 Å². The van der Waals surface area contributed by atoms with Crippen molar-refractivity contribution in [3.8, 4) is 0 Å². The lowest BCUT2D eigenvalue weighted by Crippen LogP contribution is -2.36. The standard InChI is InChI=1S/C10H18O3/c1-5-10(3,4)8(9(12)13)7(2)6-11/h6-8H,5H2,1-4H3,(H,12,13). The van der Waals surface area contributed by atoms with Crippen molar-refractivity contribution in [2.45, 2.75) is 34.1 Å². The predicted octanol–water partition coefficient (Wildman–Crippen LogP) is 1.96. The Kier molecular flexibility index (Phi) is 4.11. The molecule has 3 heteroatoms. The third-order valence-corrected chi connectivity index (χ3v) is 2.76. The molecule has 0 bridgehead atoms. The maximum absolute atomic E-state index is 10.9. The molecule has 13 heavy (non-hydrogen) atoms. The van der Waals surface area contributed by atoms with Gasteiger partial charge < -0.3 is 9.90 Å². The summed E-state index contributed by atoms with van der Waals surface area (Å²) in [5.74, 6) is -1.89. The van der Waals surface area contributed by atoms with Crippen LogP contribution in [-0.2, 0) is 9.59 Å². The summed E-state index contributed by atoms with van der Waals surface area (Å²) in [5.41, 5.74) is -0.327. The number of aliphatic carboxylic acids is 1. The molecular formula is C10H18O3. The quantitative estimate of drug-likeness (QED) is 0.668. The first-order valence-electron chi connectivity index (χ1n) is 4.55. The number of carboxylic acid groups (broad SMARTS) is 1. The molecule has 0 aliphatic carbocycles. The molecule has 0 aromatic rings. The van der Waals surface area contributed by atoms with Crippen molar-refractivity contribution in [3.05, 3.63) is 0 Å². The summed E-state index contributed by atoms with van der Waals surface area (Å²) in [6.07, 6.45) is 1.47. The zero-order valence-corrected chi connectivity index (χ0v) is 8.70. The van der Waals surface area contributed by atoms with E-state index in [0.29, 0.717) is 0 Å². The fourth-order valence-corrected chi connectivity index (χ4v) is 1.57. The average Bonchev–Trinajstić information content (AvgIpc) is 2.03. The molecular weight excluding hydrogens is 168 g/mol. The van der Waals surface area contributed by atoms with E-state index in [0.717, 1.165) is 12.7 Å². The second kappa shape index (κ2) is 4.40. The summed E-state index contributed by atoms with van der Waals surface area (Å²) in [6, 6.07) is 0. The largest absolute Gasteiger partial charge is 0.481 e. The molecule has 0 radical (unpaired) electrons. The van der Waals surface area contributed by atoms with Crippen LogP contribution in [0.25, 0.3) is 0 Å². The molecule has 0 heterocycles. The van der Waals surface area contributed by atoms with Crippen LogP contribution in [0.15, 0.2) is 0 Å². The van der Waals surface area contributed by atoms with Crippen LogP contribution in [0.3, 0.4) is 0 Å². The Morgan fingerprint density at radius 1 is 1.54 bits per heavy atom. The lowest BCUT2D eigenvalue weighted by atomic mass is 9.71. The number of hydrogen-bond acceptors (Lipinski definition) is 2. The Balaban J connectivity index is 4.80. The minimum Gasteiger partial charge on any atom is -0.481 e. The van der Waals surface area contributed by atoms with Gasteiger partial charge in [0.1, 0.15) is 6.29 Å². The summed E-state index contributed by atoms with van der Waals surface area (Å²) in [5, 5.41) is 8.98. The molecule has 0 aliphatic rings. The molecule has 0 amide bonds. The lowest BCUT2D eigenvalue weighted by molar-refractivity contribution is -0.150. The van der Waals surface area contributed by atoms with Crippen LogP contribution >= 0.6 is 0 Å². The maximum atomic E-state index is 10.9. The highest BCUT2D eigenvalue weighted by Gasteiger charge is 2.37. The second-order valence-corrected chi connectivity index (χ2v) is 4.15. The topological polar surface area (TPSA) is 54.4 Å². The van der Waals surface area contributed by atoms with E-state index in [2.05, 4.69) is 0 Å². The van der Waals surface area contributed by atoms with Crippen molar-refractivity contribution >= 4 is 12.3 Å². The number of rotatable bonds is 5. The van der Waals surface area contributed by atoms with Crippen LogP contribution in [0.2, 0.25) is 0 Å². The van der Waals surface area contributed by atoms with E-state index < -0.39 is 17.8 Å². The number of aldehydes is 1. The molecule has 2 atom stereocenters. The summed E-state index contributed by atoms with van der Waals surface area (Å²) >= 11 is 0. The van der Waals surface area contributed by atoms with Gasteiger partial charge in [0.25, 0.3) is 0 Å². The predicted molar refractivity (Wildman–Crippen MR) is 50.4 cm³/mol. The van der Waals surface area contributed by atoms with Crippen LogP contribution < -0.4 is 0 Å². The van der Waals surface area contributed by atoms with Crippen molar-refractivity contribution in [3.63, 3.8) is 0 Å². The summed E-state index contributed by atoms with van der Waals surface area (Å²) in [6.45, 7) is 7.36. The fraction of sp³-hybridized carbons (Fsp3) is 0.800. The van der Waals surface area contributed by atoms with Gasteiger partial charge >= 0.3 is 5.97 Å². The lowest BCUT2D eigenvalue weighted by Gasteiger charge is -2.32. The van der Waals surface area contributed by atoms with Crippen molar-refractivity contribution in [2.24, 2.45) is 17.3 Å². The Labute approximate surface area is 79.1 Å². The van der Waals surface area contributed by atoms with E-state index in [4.69, 9.17) is 5.11 Å². The monoisotopic (exact) mass is 186 g/mol. The Hall–Kier alpha value is -0.860. The van der Waals surface area contributed by atoms with Crippen LogP contribution in [0.1, 0.15) is 34.1 Å². The molecule has 0 aromatic carbocycles. The first-order chi connectivity index (χ1) is 5.86. The average molecular weight is 186 g/mol. The van der Waals surface area contributed by atoms with E-state index in [9.17, 15) is 9.59 Å². The minimum absolute atomic E-state index is 0.327. The molecule has 76 valence electrons. The van der Waals surface area contributed by atoms with Gasteiger partial charge in [-0.15, -0.1) is 0 Å². The molecule has 0 rings (SSSR count). The van der Waals surface area contributed by atoms with Gasteiger partial charge in [0.05, 0.1) is 5.92 Å². The van der Waals surface area contributed by atoms with Gasteiger partial charge in [0.2, 0.25) is 0 Å². The van der Waals surface area contributed by atoms with E-state index in [1.54, 1.807) is 6.92 Å². The van der Waals surface area contributed by atoms with Crippen LogP contribution in [0, 0.1) is 17.3 Å². The number of carboxylic acids is 1. The highest BCUT2D eigenvalue weighted by atomic mass is 16.4. The SMILES string of the molecule is CCC(C)(C)C(C(=O)O)C(C)C=O. The zero-order valence-electron chi connectivity index (χ0n) is 8.70. The minimum atomic E-state index is -0.883. The van der Waals surface area contributed by atoms with Crippen LogP contribution in [0.4, 0.5) is 0 Å². The van der Waals surface area contributed by atoms with Gasteiger partial charge in [-0.2, -0.15) is 0 Å². The third-order valence-electron chi connectivity index (χ3n) is 2.76. The van der Waals surface area contributed by atoms with Gasteiger partial charge in [-0.3, -0.25) is 4.79 Å². The fourth-order valence-electron chi connectivity index (χ4n) is 1.57. The third kappa shape index (κ3) is 2.83. The number of carbonyl (C=O) groups excluding carboxylic acids is 1. The second-order valence-electron chi connectivity index (χ2n) is 4.15. The Bertz CT molecular complexity index is 196. The zero-order chi connectivity index (χ0) is 10.6. The van der Waals surface area contributed by atoms with Gasteiger partial charge in [-0.25, -0.2) is 0 Å². The highest BCUT2D eigenvalue weighted by molar-refractivity contribution is 5.75. The number of hydrogen-bond donors (Lipinski definition) is 1. The van der Waals surface area contributed by atoms with E-state index in [1.807, 2.05) is 20.8 Å². The highest BCUT2D eigenvalue weighted by Crippen LogP contribution is 2.35. The van der Waals surface area contributed by atoms with Crippen molar-refractivity contribution in [1.29, 1.82) is 0 Å². The smallest absolute Gasteiger partial charge is 0.307 e. The molecule has 1 N–H and O–H groups in total. The molecule has 0 spiro atoms. The van der Waals surface area contributed by atoms with Gasteiger partial charge in [-0.1, -0.05) is 34.1 Å².